The van der Waals surface area contributed by atoms with Crippen LogP contribution in [-0.4, -0.2) is 262 Å². The van der Waals surface area contributed by atoms with Crippen molar-refractivity contribution in [3.05, 3.63) is 0 Å². The van der Waals surface area contributed by atoms with Crippen LogP contribution in [0.3, 0.4) is 0 Å². The van der Waals surface area contributed by atoms with Gasteiger partial charge in [0, 0.05) is 0 Å². The van der Waals surface area contributed by atoms with E-state index in [0.29, 0.717) is 0 Å². The van der Waals surface area contributed by atoms with E-state index in [9.17, 15) is 35.4 Å². The molecule has 24 bridgehead atoms. The molecule has 0 aromatic rings. The number of carboxylic acid groups (broad SMARTS) is 1. The SMILES string of the molecule is O=C([O-])COC1C2OC3COC1C3OC1OC3COC(C1O)C3OC1OC3COC(C1O)C3OC1OC3COC(C1O)C3OC1OC3COC(C1O)C3OC1OC3COC(C1O)C3O2.[Na+]. The molecule has 30 unspecified atom stereocenters. The van der Waals surface area contributed by atoms with E-state index in [4.69, 9.17) is 90.0 Å². The van der Waals surface area contributed by atoms with Crippen LogP contribution < -0.4 is 34.7 Å². The summed E-state index contributed by atoms with van der Waals surface area (Å²) in [5.74, 6) is -1.52. The largest absolute Gasteiger partial charge is 1.00 e. The van der Waals surface area contributed by atoms with Crippen LogP contribution in [0.15, 0.2) is 0 Å². The number of hydrogen-bond acceptors (Lipinski definition) is 26. The molecule has 30 heterocycles. The van der Waals surface area contributed by atoms with Crippen LogP contribution in [0.2, 0.25) is 0 Å². The number of aliphatic hydroxyl groups is 5. The van der Waals surface area contributed by atoms with Gasteiger partial charge in [-0.2, -0.15) is 0 Å². The predicted molar refractivity (Wildman–Crippen MR) is 184 cm³/mol. The number of ether oxygens (including phenoxy) is 19. The van der Waals surface area contributed by atoms with Crippen molar-refractivity contribution in [3.63, 3.8) is 0 Å². The molecule has 0 aromatic heterocycles. The Bertz CT molecular complexity index is 1760. The molecular formula is C38H49NaO26. The molecule has 30 saturated heterocycles. The molecule has 27 heteroatoms. The van der Waals surface area contributed by atoms with Gasteiger partial charge in [-0.3, -0.25) is 0 Å². The fourth-order valence-electron chi connectivity index (χ4n) is 11.5. The summed E-state index contributed by atoms with van der Waals surface area (Å²) in [5.41, 5.74) is 0. The molecule has 358 valence electrons. The van der Waals surface area contributed by atoms with E-state index in [1.54, 1.807) is 0 Å². The van der Waals surface area contributed by atoms with Crippen molar-refractivity contribution < 1.29 is 155 Å². The molecule has 30 rings (SSSR count). The van der Waals surface area contributed by atoms with Crippen molar-refractivity contribution in [3.8, 4) is 0 Å². The maximum absolute atomic E-state index is 11.6. The number of hydrogen-bond donors (Lipinski definition) is 5. The van der Waals surface area contributed by atoms with Crippen LogP contribution in [-0.2, 0) is 94.8 Å². The maximum Gasteiger partial charge on any atom is 1.00 e. The number of rotatable bonds is 3. The fraction of sp³-hybridized carbons (Fsp3) is 0.974. The Labute approximate surface area is 390 Å². The van der Waals surface area contributed by atoms with Crippen molar-refractivity contribution in [2.75, 3.05) is 46.2 Å². The summed E-state index contributed by atoms with van der Waals surface area (Å²) in [6.45, 7) is -0.835. The predicted octanol–water partition coefficient (Wildman–Crippen LogP) is -11.0. The zero-order chi connectivity index (χ0) is 43.3. The van der Waals surface area contributed by atoms with Crippen LogP contribution >= 0.6 is 0 Å². The van der Waals surface area contributed by atoms with E-state index in [1.165, 1.54) is 0 Å². The van der Waals surface area contributed by atoms with Gasteiger partial charge in [0.15, 0.2) is 37.7 Å². The second-order valence-electron chi connectivity index (χ2n) is 18.3. The van der Waals surface area contributed by atoms with E-state index in [0.717, 1.165) is 0 Å². The normalized spacial score (nSPS) is 59.6. The van der Waals surface area contributed by atoms with Gasteiger partial charge in [0.1, 0.15) is 146 Å². The monoisotopic (exact) mass is 944 g/mol. The van der Waals surface area contributed by atoms with E-state index in [1.807, 2.05) is 0 Å². The summed E-state index contributed by atoms with van der Waals surface area (Å²) in [6.07, 6.45) is -32.2. The minimum Gasteiger partial charge on any atom is -0.548 e. The van der Waals surface area contributed by atoms with Crippen LogP contribution in [0.25, 0.3) is 0 Å². The summed E-state index contributed by atoms with van der Waals surface area (Å²) in [5, 5.41) is 69.3. The van der Waals surface area contributed by atoms with Crippen molar-refractivity contribution in [2.45, 2.75) is 184 Å². The van der Waals surface area contributed by atoms with Crippen LogP contribution in [0.4, 0.5) is 0 Å². The standard InChI is InChI=1S/C38H50O26.Na/c39-14(40)7-52-32-31-25-13(6-51-31)58-38(32)64-24-12-5-50-30(24)19(45)36(57-12)62-22-10-3-48-28(22)17(43)34(55-10)60-20-8-1-46-26(20)15(41)33(53-8)59-21-9-2-47-27(21)16(42)35(54-9)61-23-11-4-49-29(23)18(44)37(56-11)63-25;/h8-13,15-38,41-45H,1-7H2,(H,39,40);/q;+1/p-1. The van der Waals surface area contributed by atoms with E-state index >= 15 is 0 Å². The van der Waals surface area contributed by atoms with Gasteiger partial charge >= 0.3 is 29.6 Å². The third-order valence-electron chi connectivity index (χ3n) is 14.5. The van der Waals surface area contributed by atoms with Gasteiger partial charge in [0.25, 0.3) is 0 Å². The van der Waals surface area contributed by atoms with Gasteiger partial charge in [0.2, 0.25) is 0 Å². The Morgan fingerprint density at radius 3 is 0.877 bits per heavy atom. The number of carbonyl (C=O) groups is 1. The fourth-order valence-corrected chi connectivity index (χ4v) is 11.5. The van der Waals surface area contributed by atoms with Crippen molar-refractivity contribution in [1.82, 2.24) is 0 Å². The molecule has 0 aliphatic carbocycles. The summed E-state index contributed by atoms with van der Waals surface area (Å²) in [7, 11) is 0. The first-order valence-corrected chi connectivity index (χ1v) is 21.8. The Hall–Kier alpha value is -0.490. The van der Waals surface area contributed by atoms with Gasteiger partial charge in [-0.15, -0.1) is 0 Å². The smallest absolute Gasteiger partial charge is 0.548 e. The number of carbonyl (C=O) groups excluding carboxylic acids is 1. The number of aliphatic carboxylic acids is 1. The van der Waals surface area contributed by atoms with Gasteiger partial charge in [-0.05, 0) is 0 Å². The number of carboxylic acids is 1. The average molecular weight is 945 g/mol. The molecule has 5 N–H and O–H groups in total. The minimum absolute atomic E-state index is 0. The molecule has 65 heavy (non-hydrogen) atoms. The van der Waals surface area contributed by atoms with Gasteiger partial charge in [-0.25, -0.2) is 0 Å². The molecular weight excluding hydrogens is 895 g/mol. The van der Waals surface area contributed by atoms with E-state index < -0.39 is 197 Å². The van der Waals surface area contributed by atoms with Crippen LogP contribution in [0.5, 0.6) is 0 Å². The second kappa shape index (κ2) is 17.7. The van der Waals surface area contributed by atoms with E-state index in [-0.39, 0.29) is 69.2 Å². The second-order valence-corrected chi connectivity index (χ2v) is 18.3. The third kappa shape index (κ3) is 7.54. The van der Waals surface area contributed by atoms with Crippen LogP contribution in [0, 0.1) is 0 Å². The zero-order valence-electron chi connectivity index (χ0n) is 34.6. The first-order chi connectivity index (χ1) is 31.1. The molecule has 30 aliphatic rings. The Balaban J connectivity index is 0.00000444. The first kappa shape index (κ1) is 45.6. The maximum atomic E-state index is 11.6. The van der Waals surface area contributed by atoms with E-state index in [2.05, 4.69) is 0 Å². The molecule has 0 saturated carbocycles. The zero-order valence-corrected chi connectivity index (χ0v) is 36.6. The molecule has 0 aromatic carbocycles. The van der Waals surface area contributed by atoms with Crippen molar-refractivity contribution in [2.24, 2.45) is 0 Å². The average Bonchev–Trinajstić information content (AvgIpc) is 4.08. The van der Waals surface area contributed by atoms with Crippen molar-refractivity contribution in [1.29, 1.82) is 0 Å². The third-order valence-corrected chi connectivity index (χ3v) is 14.5. The molecule has 30 fully saturated rings. The summed E-state index contributed by atoms with van der Waals surface area (Å²) < 4.78 is 116. The Morgan fingerprint density at radius 1 is 0.369 bits per heavy atom. The Morgan fingerprint density at radius 2 is 0.600 bits per heavy atom. The first-order valence-electron chi connectivity index (χ1n) is 21.8. The van der Waals surface area contributed by atoms with Crippen LogP contribution in [0.1, 0.15) is 0 Å². The topological polar surface area (TPSA) is 317 Å². The quantitative estimate of drug-likeness (QED) is 0.164. The van der Waals surface area contributed by atoms with Gasteiger partial charge < -0.3 is 125 Å². The summed E-state index contributed by atoms with van der Waals surface area (Å²) in [6, 6.07) is 0. The summed E-state index contributed by atoms with van der Waals surface area (Å²) >= 11 is 0. The minimum atomic E-state index is -1.52. The molecule has 30 atom stereocenters. The molecule has 0 radical (unpaired) electrons. The van der Waals surface area contributed by atoms with Gasteiger partial charge in [0.05, 0.1) is 52.2 Å². The molecule has 26 nitrogen and oxygen atoms in total. The molecule has 0 amide bonds. The Kier molecular flexibility index (Phi) is 12.4. The molecule has 30 aliphatic heterocycles. The van der Waals surface area contributed by atoms with Gasteiger partial charge in [-0.1, -0.05) is 0 Å². The molecule has 0 spiro atoms. The number of aliphatic hydroxyl groups excluding tert-OH is 5. The summed E-state index contributed by atoms with van der Waals surface area (Å²) in [4.78, 5) is 11.6. The van der Waals surface area contributed by atoms with Crippen molar-refractivity contribution >= 4 is 5.97 Å².